The molecule has 0 amide bonds. The molecule has 2 heterocycles. The fraction of sp³-hybridized carbons (Fsp3) is 0.167. The van der Waals surface area contributed by atoms with Gasteiger partial charge in [-0.05, 0) is 24.6 Å². The second-order valence-electron chi connectivity index (χ2n) is 5.95. The normalized spacial score (nSPS) is 12.6. The van der Waals surface area contributed by atoms with Crippen LogP contribution in [0.25, 0.3) is 16.4 Å². The van der Waals surface area contributed by atoms with Gasteiger partial charge in [0.25, 0.3) is 0 Å². The molecule has 26 heavy (non-hydrogen) atoms. The number of hydrogen-bond donors (Lipinski definition) is 2. The zero-order valence-corrected chi connectivity index (χ0v) is 14.6. The van der Waals surface area contributed by atoms with E-state index in [9.17, 15) is 9.50 Å². The van der Waals surface area contributed by atoms with Gasteiger partial charge in [0.1, 0.15) is 5.82 Å². The fourth-order valence-corrected chi connectivity index (χ4v) is 2.96. The minimum absolute atomic E-state index is 0.0232. The summed E-state index contributed by atoms with van der Waals surface area (Å²) in [6.45, 7) is 1.97. The lowest BCUT2D eigenvalue weighted by molar-refractivity contribution is 0.191. The maximum Gasteiger partial charge on any atom is 0.185 e. The number of benzene rings is 2. The van der Waals surface area contributed by atoms with Gasteiger partial charge in [0, 0.05) is 17.3 Å². The standard InChI is InChI=1S/C18H15ClFN5O/c1-10-22-23-18-13-5-3-2-4-12(13)17(24-25(10)18)21-9-16(26)11-6-7-14(19)15(20)8-11/h2-8,16,26H,9H2,1H3,(H,21,24)/t16-/m1/s1. The van der Waals surface area contributed by atoms with Crippen molar-refractivity contribution in [1.82, 2.24) is 19.8 Å². The molecule has 0 bridgehead atoms. The summed E-state index contributed by atoms with van der Waals surface area (Å²) in [5.74, 6) is 0.687. The lowest BCUT2D eigenvalue weighted by atomic mass is 10.1. The molecule has 0 saturated carbocycles. The van der Waals surface area contributed by atoms with Crippen LogP contribution in [-0.4, -0.2) is 31.5 Å². The Kier molecular flexibility index (Phi) is 4.18. The van der Waals surface area contributed by atoms with E-state index in [0.717, 1.165) is 10.8 Å². The van der Waals surface area contributed by atoms with Crippen LogP contribution < -0.4 is 5.32 Å². The highest BCUT2D eigenvalue weighted by molar-refractivity contribution is 6.30. The molecular formula is C18H15ClFN5O. The van der Waals surface area contributed by atoms with Crippen molar-refractivity contribution in [2.24, 2.45) is 0 Å². The van der Waals surface area contributed by atoms with Crippen molar-refractivity contribution in [2.45, 2.75) is 13.0 Å². The third-order valence-electron chi connectivity index (χ3n) is 4.21. The second-order valence-corrected chi connectivity index (χ2v) is 6.35. The summed E-state index contributed by atoms with van der Waals surface area (Å²) in [6, 6.07) is 11.9. The van der Waals surface area contributed by atoms with E-state index in [2.05, 4.69) is 20.6 Å². The van der Waals surface area contributed by atoms with E-state index in [4.69, 9.17) is 11.6 Å². The SMILES string of the molecule is Cc1nnc2c3ccccc3c(NC[C@@H](O)c3ccc(Cl)c(F)c3)nn12. The Morgan fingerprint density at radius 3 is 2.73 bits per heavy atom. The van der Waals surface area contributed by atoms with Crippen LogP contribution in [0.1, 0.15) is 17.5 Å². The molecule has 0 saturated heterocycles. The van der Waals surface area contributed by atoms with Crippen molar-refractivity contribution in [1.29, 1.82) is 0 Å². The van der Waals surface area contributed by atoms with Gasteiger partial charge in [0.15, 0.2) is 17.3 Å². The van der Waals surface area contributed by atoms with Crippen molar-refractivity contribution >= 4 is 33.8 Å². The number of anilines is 1. The van der Waals surface area contributed by atoms with E-state index in [1.54, 1.807) is 10.6 Å². The Morgan fingerprint density at radius 2 is 1.96 bits per heavy atom. The zero-order valence-electron chi connectivity index (χ0n) is 13.8. The number of fused-ring (bicyclic) bond motifs is 3. The van der Waals surface area contributed by atoms with Crippen LogP contribution in [0.15, 0.2) is 42.5 Å². The molecule has 2 N–H and O–H groups in total. The van der Waals surface area contributed by atoms with Crippen LogP contribution >= 0.6 is 11.6 Å². The third kappa shape index (κ3) is 2.85. The average molecular weight is 372 g/mol. The van der Waals surface area contributed by atoms with Gasteiger partial charge < -0.3 is 10.4 Å². The summed E-state index contributed by atoms with van der Waals surface area (Å²) in [5, 5.41) is 28.1. The molecule has 0 unspecified atom stereocenters. The fourth-order valence-electron chi connectivity index (χ4n) is 2.85. The largest absolute Gasteiger partial charge is 0.387 e. The minimum Gasteiger partial charge on any atom is -0.387 e. The second kappa shape index (κ2) is 6.51. The molecule has 2 aromatic carbocycles. The number of hydrogen-bond acceptors (Lipinski definition) is 5. The predicted molar refractivity (Wildman–Crippen MR) is 97.9 cm³/mol. The van der Waals surface area contributed by atoms with E-state index in [1.165, 1.54) is 12.1 Å². The lowest BCUT2D eigenvalue weighted by Gasteiger charge is -2.15. The van der Waals surface area contributed by atoms with Crippen LogP contribution in [0.2, 0.25) is 5.02 Å². The Morgan fingerprint density at radius 1 is 1.19 bits per heavy atom. The molecule has 4 aromatic rings. The van der Waals surface area contributed by atoms with Gasteiger partial charge in [-0.3, -0.25) is 0 Å². The van der Waals surface area contributed by atoms with E-state index in [0.29, 0.717) is 22.9 Å². The summed E-state index contributed by atoms with van der Waals surface area (Å²) in [5.41, 5.74) is 1.11. The van der Waals surface area contributed by atoms with Crippen molar-refractivity contribution < 1.29 is 9.50 Å². The number of aromatic nitrogens is 4. The first-order valence-electron chi connectivity index (χ1n) is 8.02. The molecule has 2 aromatic heterocycles. The molecule has 6 nitrogen and oxygen atoms in total. The summed E-state index contributed by atoms with van der Waals surface area (Å²) in [7, 11) is 0. The molecule has 0 aliphatic rings. The first-order valence-corrected chi connectivity index (χ1v) is 8.40. The molecule has 8 heteroatoms. The molecule has 132 valence electrons. The Balaban J connectivity index is 1.67. The van der Waals surface area contributed by atoms with Crippen LogP contribution in [0.4, 0.5) is 10.2 Å². The number of halogens is 2. The highest BCUT2D eigenvalue weighted by Gasteiger charge is 2.14. The van der Waals surface area contributed by atoms with Crippen molar-refractivity contribution in [3.63, 3.8) is 0 Å². The van der Waals surface area contributed by atoms with E-state index in [1.807, 2.05) is 31.2 Å². The van der Waals surface area contributed by atoms with Crippen LogP contribution in [-0.2, 0) is 0 Å². The first kappa shape index (κ1) is 16.7. The van der Waals surface area contributed by atoms with Gasteiger partial charge in [-0.1, -0.05) is 41.9 Å². The Labute approximate surface area is 153 Å². The lowest BCUT2D eigenvalue weighted by Crippen LogP contribution is -2.14. The minimum atomic E-state index is -0.917. The van der Waals surface area contributed by atoms with Crippen LogP contribution in [0.5, 0.6) is 0 Å². The number of aliphatic hydroxyl groups is 1. The number of rotatable bonds is 4. The van der Waals surface area contributed by atoms with Crippen molar-refractivity contribution in [3.05, 3.63) is 64.7 Å². The zero-order chi connectivity index (χ0) is 18.3. The third-order valence-corrected chi connectivity index (χ3v) is 4.52. The molecule has 0 aliphatic heterocycles. The summed E-state index contributed by atoms with van der Waals surface area (Å²) >= 11 is 5.69. The molecule has 4 rings (SSSR count). The van der Waals surface area contributed by atoms with Gasteiger partial charge in [-0.2, -0.15) is 4.52 Å². The number of aryl methyl sites for hydroxylation is 1. The highest BCUT2D eigenvalue weighted by atomic mass is 35.5. The van der Waals surface area contributed by atoms with E-state index < -0.39 is 11.9 Å². The summed E-state index contributed by atoms with van der Waals surface area (Å²) in [6.07, 6.45) is -0.917. The monoisotopic (exact) mass is 371 g/mol. The predicted octanol–water partition coefficient (Wildman–Crippen LogP) is 3.52. The average Bonchev–Trinajstić information content (AvgIpc) is 3.03. The maximum absolute atomic E-state index is 13.6. The van der Waals surface area contributed by atoms with Gasteiger partial charge in [-0.15, -0.1) is 15.3 Å². The Bertz CT molecular complexity index is 1110. The highest BCUT2D eigenvalue weighted by Crippen LogP contribution is 2.26. The van der Waals surface area contributed by atoms with Gasteiger partial charge >= 0.3 is 0 Å². The number of nitrogens with one attached hydrogen (secondary N) is 1. The van der Waals surface area contributed by atoms with Crippen LogP contribution in [0, 0.1) is 12.7 Å². The van der Waals surface area contributed by atoms with E-state index in [-0.39, 0.29) is 11.6 Å². The van der Waals surface area contributed by atoms with Crippen LogP contribution in [0.3, 0.4) is 0 Å². The number of nitrogens with zero attached hydrogens (tertiary/aromatic N) is 4. The topological polar surface area (TPSA) is 75.3 Å². The quantitative estimate of drug-likeness (QED) is 0.574. The number of aliphatic hydroxyl groups excluding tert-OH is 1. The molecule has 1 atom stereocenters. The molecule has 0 radical (unpaired) electrons. The smallest absolute Gasteiger partial charge is 0.185 e. The molecular weight excluding hydrogens is 357 g/mol. The van der Waals surface area contributed by atoms with Gasteiger partial charge in [0.05, 0.1) is 11.1 Å². The first-order chi connectivity index (χ1) is 12.5. The summed E-state index contributed by atoms with van der Waals surface area (Å²) in [4.78, 5) is 0. The van der Waals surface area contributed by atoms with Crippen molar-refractivity contribution in [2.75, 3.05) is 11.9 Å². The molecule has 0 aliphatic carbocycles. The van der Waals surface area contributed by atoms with Gasteiger partial charge in [0.2, 0.25) is 0 Å². The Hall–Kier alpha value is -2.77. The molecule has 0 fully saturated rings. The maximum atomic E-state index is 13.6. The van der Waals surface area contributed by atoms with E-state index >= 15 is 0 Å². The summed E-state index contributed by atoms with van der Waals surface area (Å²) < 4.78 is 15.3. The van der Waals surface area contributed by atoms with Gasteiger partial charge in [-0.25, -0.2) is 4.39 Å². The van der Waals surface area contributed by atoms with Crippen molar-refractivity contribution in [3.8, 4) is 0 Å². The molecule has 0 spiro atoms.